The average Bonchev–Trinajstić information content (AvgIpc) is 3.64. The first-order valence-electron chi connectivity index (χ1n) is 13.5. The SMILES string of the molecule is Cc1cc2nc(-c3cn(C)c(-c4ccc5c(cnn5C)c4)n3)sc2c(-c2ccc(Cl)cc2)c1CC(=O)OOC(C)(C)C. The molecule has 0 bridgehead atoms. The van der Waals surface area contributed by atoms with Gasteiger partial charge in [0.25, 0.3) is 0 Å². The topological polar surface area (TPSA) is 84.1 Å². The zero-order valence-corrected chi connectivity index (χ0v) is 25.8. The van der Waals surface area contributed by atoms with Crippen LogP contribution in [0.5, 0.6) is 0 Å². The molecule has 0 amide bonds. The number of benzene rings is 3. The third kappa shape index (κ3) is 5.43. The molecule has 6 rings (SSSR count). The number of hydrogen-bond donors (Lipinski definition) is 0. The van der Waals surface area contributed by atoms with Crippen LogP contribution in [0.2, 0.25) is 5.02 Å². The van der Waals surface area contributed by atoms with Gasteiger partial charge < -0.3 is 4.57 Å². The first kappa shape index (κ1) is 28.1. The van der Waals surface area contributed by atoms with Crippen LogP contribution in [0, 0.1) is 6.92 Å². The number of carbonyl (C=O) groups is 1. The van der Waals surface area contributed by atoms with Crippen molar-refractivity contribution < 1.29 is 14.6 Å². The lowest BCUT2D eigenvalue weighted by Crippen LogP contribution is -2.22. The second kappa shape index (κ2) is 10.7. The molecule has 0 spiro atoms. The smallest absolute Gasteiger partial charge is 0.333 e. The molecule has 8 nitrogen and oxygen atoms in total. The lowest BCUT2D eigenvalue weighted by atomic mass is 9.93. The monoisotopic (exact) mass is 599 g/mol. The predicted molar refractivity (Wildman–Crippen MR) is 167 cm³/mol. The molecule has 0 radical (unpaired) electrons. The highest BCUT2D eigenvalue weighted by atomic mass is 35.5. The number of aryl methyl sites for hydroxylation is 3. The molecule has 0 unspecified atom stereocenters. The zero-order chi connectivity index (χ0) is 29.8. The van der Waals surface area contributed by atoms with Crippen molar-refractivity contribution in [3.05, 3.63) is 77.1 Å². The Hall–Kier alpha value is -4.05. The number of halogens is 1. The van der Waals surface area contributed by atoms with Gasteiger partial charge in [-0.15, -0.1) is 11.3 Å². The molecule has 0 saturated carbocycles. The van der Waals surface area contributed by atoms with Gasteiger partial charge in [-0.05, 0) is 80.8 Å². The van der Waals surface area contributed by atoms with Crippen LogP contribution in [0.4, 0.5) is 0 Å². The fraction of sp³-hybridized carbons (Fsp3) is 0.250. The van der Waals surface area contributed by atoms with Crippen LogP contribution in [0.1, 0.15) is 31.9 Å². The summed E-state index contributed by atoms with van der Waals surface area (Å²) in [6, 6.07) is 15.9. The Morgan fingerprint density at radius 1 is 1.02 bits per heavy atom. The average molecular weight is 600 g/mol. The Morgan fingerprint density at radius 2 is 1.76 bits per heavy atom. The number of aromatic nitrogens is 5. The van der Waals surface area contributed by atoms with E-state index in [1.54, 1.807) is 11.3 Å². The minimum Gasteiger partial charge on any atom is -0.333 e. The number of nitrogens with zero attached hydrogens (tertiary/aromatic N) is 5. The van der Waals surface area contributed by atoms with E-state index in [-0.39, 0.29) is 6.42 Å². The number of hydrogen-bond acceptors (Lipinski definition) is 7. The van der Waals surface area contributed by atoms with Crippen molar-refractivity contribution in [1.29, 1.82) is 0 Å². The largest absolute Gasteiger partial charge is 0.346 e. The standard InChI is InChI=1S/C32H30ClN5O3S/c1-18-13-24-29(28(19-7-10-22(33)11-8-19)23(18)15-27(39)40-41-32(2,3)4)42-31(36-24)25-17-37(5)30(35-25)20-9-12-26-21(14-20)16-34-38(26)6/h7-14,16-17H,15H2,1-6H3. The molecule has 214 valence electrons. The third-order valence-electron chi connectivity index (χ3n) is 6.95. The Kier molecular flexibility index (Phi) is 7.12. The van der Waals surface area contributed by atoms with Crippen LogP contribution in [0.15, 0.2) is 60.9 Å². The second-order valence-corrected chi connectivity index (χ2v) is 12.8. The number of rotatable bonds is 6. The zero-order valence-electron chi connectivity index (χ0n) is 24.2. The van der Waals surface area contributed by atoms with Gasteiger partial charge in [-0.2, -0.15) is 9.99 Å². The fourth-order valence-corrected chi connectivity index (χ4v) is 6.20. The molecule has 0 atom stereocenters. The molecule has 0 aliphatic heterocycles. The van der Waals surface area contributed by atoms with Crippen LogP contribution < -0.4 is 0 Å². The summed E-state index contributed by atoms with van der Waals surface area (Å²) in [6.45, 7) is 7.47. The van der Waals surface area contributed by atoms with Crippen molar-refractivity contribution in [1.82, 2.24) is 24.3 Å². The summed E-state index contributed by atoms with van der Waals surface area (Å²) in [4.78, 5) is 33.3. The highest BCUT2D eigenvalue weighted by Crippen LogP contribution is 2.41. The molecule has 3 aromatic heterocycles. The van der Waals surface area contributed by atoms with E-state index >= 15 is 0 Å². The summed E-state index contributed by atoms with van der Waals surface area (Å²) in [5, 5.41) is 6.84. The molecule has 0 fully saturated rings. The molecular formula is C32H30ClN5O3S. The van der Waals surface area contributed by atoms with Crippen molar-refractivity contribution in [2.24, 2.45) is 14.1 Å². The number of thiazole rings is 1. The van der Waals surface area contributed by atoms with Crippen LogP contribution >= 0.6 is 22.9 Å². The van der Waals surface area contributed by atoms with Crippen LogP contribution in [0.25, 0.3) is 54.3 Å². The molecule has 10 heteroatoms. The van der Waals surface area contributed by atoms with Crippen molar-refractivity contribution in [3.8, 4) is 33.2 Å². The van der Waals surface area contributed by atoms with Gasteiger partial charge in [0.15, 0.2) is 0 Å². The van der Waals surface area contributed by atoms with Crippen molar-refractivity contribution >= 4 is 50.0 Å². The van der Waals surface area contributed by atoms with E-state index in [0.29, 0.717) is 5.02 Å². The van der Waals surface area contributed by atoms with Crippen molar-refractivity contribution in [3.63, 3.8) is 0 Å². The molecule has 3 heterocycles. The van der Waals surface area contributed by atoms with Gasteiger partial charge in [0.1, 0.15) is 22.1 Å². The van der Waals surface area contributed by atoms with Gasteiger partial charge in [0, 0.05) is 41.8 Å². The van der Waals surface area contributed by atoms with Crippen LogP contribution in [-0.2, 0) is 35.1 Å². The van der Waals surface area contributed by atoms with Gasteiger partial charge in [0.05, 0.1) is 28.4 Å². The molecule has 42 heavy (non-hydrogen) atoms. The minimum atomic E-state index is -0.606. The fourth-order valence-electron chi connectivity index (χ4n) is 4.98. The molecule has 0 saturated heterocycles. The molecule has 6 aromatic rings. The maximum Gasteiger partial charge on any atom is 0.346 e. The van der Waals surface area contributed by atoms with E-state index in [4.69, 9.17) is 31.3 Å². The van der Waals surface area contributed by atoms with Gasteiger partial charge in [0.2, 0.25) is 0 Å². The molecule has 0 N–H and O–H groups in total. The van der Waals surface area contributed by atoms with E-state index in [9.17, 15) is 4.79 Å². The maximum absolute atomic E-state index is 12.9. The van der Waals surface area contributed by atoms with Gasteiger partial charge in [-0.1, -0.05) is 23.7 Å². The molecule has 0 aliphatic rings. The van der Waals surface area contributed by atoms with E-state index in [0.717, 1.165) is 65.5 Å². The Labute approximate surface area is 252 Å². The maximum atomic E-state index is 12.9. The Balaban J connectivity index is 1.44. The first-order valence-corrected chi connectivity index (χ1v) is 14.7. The number of carbonyl (C=O) groups excluding carboxylic acids is 1. The second-order valence-electron chi connectivity index (χ2n) is 11.4. The van der Waals surface area contributed by atoms with Gasteiger partial charge in [-0.25, -0.2) is 14.8 Å². The summed E-state index contributed by atoms with van der Waals surface area (Å²) in [5.41, 5.74) is 6.73. The van der Waals surface area contributed by atoms with E-state index < -0.39 is 11.6 Å². The van der Waals surface area contributed by atoms with Gasteiger partial charge in [-0.3, -0.25) is 9.57 Å². The molecule has 0 aliphatic carbocycles. The number of fused-ring (bicyclic) bond motifs is 2. The van der Waals surface area contributed by atoms with Crippen LogP contribution in [-0.4, -0.2) is 35.9 Å². The van der Waals surface area contributed by atoms with Crippen molar-refractivity contribution in [2.45, 2.75) is 39.7 Å². The third-order valence-corrected chi connectivity index (χ3v) is 8.31. The number of imidazole rings is 1. The highest BCUT2D eigenvalue weighted by Gasteiger charge is 2.23. The molecular weight excluding hydrogens is 570 g/mol. The summed E-state index contributed by atoms with van der Waals surface area (Å²) < 4.78 is 4.83. The minimum absolute atomic E-state index is 0.0492. The molecule has 3 aromatic carbocycles. The van der Waals surface area contributed by atoms with Crippen LogP contribution in [0.3, 0.4) is 0 Å². The van der Waals surface area contributed by atoms with E-state index in [2.05, 4.69) is 23.3 Å². The predicted octanol–water partition coefficient (Wildman–Crippen LogP) is 7.70. The van der Waals surface area contributed by atoms with E-state index in [1.807, 2.05) is 93.8 Å². The van der Waals surface area contributed by atoms with Gasteiger partial charge >= 0.3 is 5.97 Å². The first-order chi connectivity index (χ1) is 20.0. The Bertz CT molecular complexity index is 1960. The Morgan fingerprint density at radius 3 is 2.50 bits per heavy atom. The quantitative estimate of drug-likeness (QED) is 0.144. The highest BCUT2D eigenvalue weighted by molar-refractivity contribution is 7.22. The lowest BCUT2D eigenvalue weighted by molar-refractivity contribution is -0.320. The summed E-state index contributed by atoms with van der Waals surface area (Å²) >= 11 is 7.78. The normalized spacial score (nSPS) is 12.0. The lowest BCUT2D eigenvalue weighted by Gasteiger charge is -2.18. The van der Waals surface area contributed by atoms with E-state index in [1.165, 1.54) is 0 Å². The van der Waals surface area contributed by atoms with Crippen molar-refractivity contribution in [2.75, 3.05) is 0 Å². The summed E-state index contributed by atoms with van der Waals surface area (Å²) in [7, 11) is 3.92. The summed E-state index contributed by atoms with van der Waals surface area (Å²) in [6.07, 6.45) is 3.91. The summed E-state index contributed by atoms with van der Waals surface area (Å²) in [5.74, 6) is 0.374.